The van der Waals surface area contributed by atoms with Crippen LogP contribution in [0.5, 0.6) is 0 Å². The summed E-state index contributed by atoms with van der Waals surface area (Å²) in [4.78, 5) is 19.4. The summed E-state index contributed by atoms with van der Waals surface area (Å²) in [6, 6.07) is 12.0. The van der Waals surface area contributed by atoms with E-state index in [0.29, 0.717) is 24.2 Å². The van der Waals surface area contributed by atoms with Gasteiger partial charge in [0.15, 0.2) is 6.10 Å². The molecule has 2 aromatic carbocycles. The van der Waals surface area contributed by atoms with Crippen LogP contribution in [-0.4, -0.2) is 35.7 Å². The van der Waals surface area contributed by atoms with Crippen molar-refractivity contribution in [1.29, 1.82) is 0 Å². The lowest BCUT2D eigenvalue weighted by Gasteiger charge is -2.23. The Morgan fingerprint density at radius 3 is 2.76 bits per heavy atom. The standard InChI is InChI=1S/C19H18F2N2O2/c1-2-23(19(24)16-8-3-4-9-17(16)21)12-15-11-18(22-25-15)13-6-5-7-14(20)10-13/h3-10,15H,2,11-12H2,1H3/t15-/m1/s1. The molecule has 0 radical (unpaired) electrons. The van der Waals surface area contributed by atoms with Crippen molar-refractivity contribution in [1.82, 2.24) is 4.90 Å². The van der Waals surface area contributed by atoms with Gasteiger partial charge in [-0.05, 0) is 31.2 Å². The van der Waals surface area contributed by atoms with E-state index < -0.39 is 5.82 Å². The molecule has 1 amide bonds. The summed E-state index contributed by atoms with van der Waals surface area (Å²) in [5.41, 5.74) is 1.33. The van der Waals surface area contributed by atoms with Gasteiger partial charge in [-0.2, -0.15) is 0 Å². The summed E-state index contributed by atoms with van der Waals surface area (Å²) in [6.45, 7) is 2.52. The average molecular weight is 344 g/mol. The van der Waals surface area contributed by atoms with Crippen LogP contribution in [0, 0.1) is 11.6 Å². The zero-order valence-corrected chi connectivity index (χ0v) is 13.8. The first-order valence-corrected chi connectivity index (χ1v) is 8.11. The van der Waals surface area contributed by atoms with Gasteiger partial charge in [0.1, 0.15) is 11.6 Å². The lowest BCUT2D eigenvalue weighted by atomic mass is 10.0. The molecule has 0 saturated heterocycles. The number of carbonyl (C=O) groups is 1. The fraction of sp³-hybridized carbons (Fsp3) is 0.263. The maximum Gasteiger partial charge on any atom is 0.256 e. The monoisotopic (exact) mass is 344 g/mol. The highest BCUT2D eigenvalue weighted by Gasteiger charge is 2.27. The fourth-order valence-corrected chi connectivity index (χ4v) is 2.77. The summed E-state index contributed by atoms with van der Waals surface area (Å²) >= 11 is 0. The third-order valence-corrected chi connectivity index (χ3v) is 4.09. The largest absolute Gasteiger partial charge is 0.390 e. The van der Waals surface area contributed by atoms with E-state index in [1.807, 2.05) is 6.92 Å². The van der Waals surface area contributed by atoms with Crippen LogP contribution in [0.25, 0.3) is 0 Å². The molecule has 1 heterocycles. The Labute approximate surface area is 144 Å². The van der Waals surface area contributed by atoms with Gasteiger partial charge in [0.05, 0.1) is 17.8 Å². The second kappa shape index (κ2) is 7.42. The number of benzene rings is 2. The number of halogens is 2. The van der Waals surface area contributed by atoms with Crippen LogP contribution in [0.2, 0.25) is 0 Å². The fourth-order valence-electron chi connectivity index (χ4n) is 2.77. The molecule has 0 saturated carbocycles. The molecule has 4 nitrogen and oxygen atoms in total. The summed E-state index contributed by atoms with van der Waals surface area (Å²) in [6.07, 6.45) is 0.124. The Balaban J connectivity index is 1.66. The molecule has 0 fully saturated rings. The number of carbonyl (C=O) groups excluding carboxylic acids is 1. The van der Waals surface area contributed by atoms with Crippen molar-refractivity contribution in [2.45, 2.75) is 19.4 Å². The first-order chi connectivity index (χ1) is 12.1. The number of amides is 1. The molecule has 0 aromatic heterocycles. The Morgan fingerprint density at radius 1 is 1.24 bits per heavy atom. The highest BCUT2D eigenvalue weighted by atomic mass is 19.1. The molecule has 0 N–H and O–H groups in total. The first-order valence-electron chi connectivity index (χ1n) is 8.11. The van der Waals surface area contributed by atoms with E-state index in [-0.39, 0.29) is 29.9 Å². The van der Waals surface area contributed by atoms with E-state index in [1.54, 1.807) is 24.3 Å². The van der Waals surface area contributed by atoms with E-state index in [1.165, 1.54) is 29.2 Å². The van der Waals surface area contributed by atoms with Crippen LogP contribution >= 0.6 is 0 Å². The summed E-state index contributed by atoms with van der Waals surface area (Å²) in [5, 5.41) is 4.00. The van der Waals surface area contributed by atoms with Crippen LogP contribution in [0.4, 0.5) is 8.78 Å². The molecule has 25 heavy (non-hydrogen) atoms. The smallest absolute Gasteiger partial charge is 0.256 e. The van der Waals surface area contributed by atoms with Crippen molar-refractivity contribution in [3.8, 4) is 0 Å². The highest BCUT2D eigenvalue weighted by molar-refractivity contribution is 6.01. The molecule has 3 rings (SSSR count). The number of oxime groups is 1. The molecular formula is C19H18F2N2O2. The molecule has 0 aliphatic carbocycles. The number of hydrogen-bond acceptors (Lipinski definition) is 3. The number of likely N-dealkylation sites (N-methyl/N-ethyl adjacent to an activating group) is 1. The van der Waals surface area contributed by atoms with Crippen LogP contribution in [0.15, 0.2) is 53.7 Å². The maximum absolute atomic E-state index is 13.8. The zero-order chi connectivity index (χ0) is 17.8. The van der Waals surface area contributed by atoms with Gasteiger partial charge in [0, 0.05) is 18.5 Å². The molecule has 0 spiro atoms. The second-order valence-corrected chi connectivity index (χ2v) is 5.80. The van der Waals surface area contributed by atoms with E-state index in [2.05, 4.69) is 5.16 Å². The molecule has 0 bridgehead atoms. The van der Waals surface area contributed by atoms with Gasteiger partial charge in [0.2, 0.25) is 0 Å². The minimum absolute atomic E-state index is 0.0358. The minimum Gasteiger partial charge on any atom is -0.390 e. The predicted molar refractivity (Wildman–Crippen MR) is 90.4 cm³/mol. The summed E-state index contributed by atoms with van der Waals surface area (Å²) in [7, 11) is 0. The van der Waals surface area contributed by atoms with Crippen LogP contribution in [0.1, 0.15) is 29.3 Å². The van der Waals surface area contributed by atoms with E-state index in [0.717, 1.165) is 0 Å². The van der Waals surface area contributed by atoms with Crippen molar-refractivity contribution >= 4 is 11.6 Å². The van der Waals surface area contributed by atoms with Crippen LogP contribution < -0.4 is 0 Å². The van der Waals surface area contributed by atoms with Crippen LogP contribution in [-0.2, 0) is 4.84 Å². The number of hydrogen-bond donors (Lipinski definition) is 0. The summed E-state index contributed by atoms with van der Waals surface area (Å²) < 4.78 is 27.2. The second-order valence-electron chi connectivity index (χ2n) is 5.80. The molecule has 1 aliphatic rings. The lowest BCUT2D eigenvalue weighted by Crippen LogP contribution is -2.38. The van der Waals surface area contributed by atoms with Gasteiger partial charge >= 0.3 is 0 Å². The lowest BCUT2D eigenvalue weighted by molar-refractivity contribution is 0.0433. The van der Waals surface area contributed by atoms with Gasteiger partial charge < -0.3 is 9.74 Å². The van der Waals surface area contributed by atoms with Crippen molar-refractivity contribution in [2.75, 3.05) is 13.1 Å². The van der Waals surface area contributed by atoms with E-state index in [4.69, 9.17) is 4.84 Å². The number of nitrogens with zero attached hydrogens (tertiary/aromatic N) is 2. The van der Waals surface area contributed by atoms with Crippen molar-refractivity contribution in [3.05, 3.63) is 71.3 Å². The van der Waals surface area contributed by atoms with Crippen molar-refractivity contribution < 1.29 is 18.4 Å². The van der Waals surface area contributed by atoms with Gasteiger partial charge in [-0.3, -0.25) is 4.79 Å². The summed E-state index contributed by atoms with van der Waals surface area (Å²) in [5.74, 6) is -1.27. The average Bonchev–Trinajstić information content (AvgIpc) is 3.08. The molecule has 1 aliphatic heterocycles. The SMILES string of the molecule is CCN(C[C@H]1CC(c2cccc(F)c2)=NO1)C(=O)c1ccccc1F. The van der Waals surface area contributed by atoms with Gasteiger partial charge in [-0.25, -0.2) is 8.78 Å². The van der Waals surface area contributed by atoms with E-state index in [9.17, 15) is 13.6 Å². The molecule has 1 atom stereocenters. The number of rotatable bonds is 5. The molecule has 6 heteroatoms. The van der Waals surface area contributed by atoms with Gasteiger partial charge in [-0.1, -0.05) is 29.4 Å². The Bertz CT molecular complexity index is 808. The predicted octanol–water partition coefficient (Wildman–Crippen LogP) is 3.62. The van der Waals surface area contributed by atoms with Crippen molar-refractivity contribution in [2.24, 2.45) is 5.16 Å². The third kappa shape index (κ3) is 3.84. The molecule has 2 aromatic rings. The first kappa shape index (κ1) is 17.1. The normalized spacial score (nSPS) is 16.3. The molecule has 130 valence electrons. The quantitative estimate of drug-likeness (QED) is 0.831. The third-order valence-electron chi connectivity index (χ3n) is 4.09. The maximum atomic E-state index is 13.8. The van der Waals surface area contributed by atoms with Gasteiger partial charge in [0.25, 0.3) is 5.91 Å². The Kier molecular flexibility index (Phi) is 5.07. The Morgan fingerprint density at radius 2 is 2.04 bits per heavy atom. The minimum atomic E-state index is -0.546. The van der Waals surface area contributed by atoms with Crippen LogP contribution in [0.3, 0.4) is 0 Å². The molecule has 0 unspecified atom stereocenters. The highest BCUT2D eigenvalue weighted by Crippen LogP contribution is 2.19. The van der Waals surface area contributed by atoms with Crippen molar-refractivity contribution in [3.63, 3.8) is 0 Å². The zero-order valence-electron chi connectivity index (χ0n) is 13.8. The topological polar surface area (TPSA) is 41.9 Å². The molecular weight excluding hydrogens is 326 g/mol. The van der Waals surface area contributed by atoms with Gasteiger partial charge in [-0.15, -0.1) is 0 Å². The Hall–Kier alpha value is -2.76. The van der Waals surface area contributed by atoms with E-state index >= 15 is 0 Å².